The number of hydrogen-bond acceptors (Lipinski definition) is 4. The second kappa shape index (κ2) is 10.1. The van der Waals surface area contributed by atoms with Gasteiger partial charge in [-0.15, -0.1) is 0 Å². The second-order valence-electron chi connectivity index (χ2n) is 9.74. The molecule has 4 bridgehead atoms. The first-order valence-electron chi connectivity index (χ1n) is 11.3. The molecule has 0 aromatic rings. The van der Waals surface area contributed by atoms with E-state index >= 15 is 0 Å². The van der Waals surface area contributed by atoms with Crippen molar-refractivity contribution in [3.05, 3.63) is 23.3 Å². The van der Waals surface area contributed by atoms with Crippen molar-refractivity contribution in [2.75, 3.05) is 13.1 Å². The number of carbonyl (C=O) groups is 1. The van der Waals surface area contributed by atoms with Gasteiger partial charge in [0.15, 0.2) is 6.23 Å². The van der Waals surface area contributed by atoms with Gasteiger partial charge in [-0.05, 0) is 89.4 Å². The lowest BCUT2D eigenvalue weighted by Crippen LogP contribution is -2.56. The molecule has 4 nitrogen and oxygen atoms in total. The smallest absolute Gasteiger partial charge is 0.304 e. The van der Waals surface area contributed by atoms with Gasteiger partial charge >= 0.3 is 5.97 Å². The van der Waals surface area contributed by atoms with Crippen LogP contribution in [-0.4, -0.2) is 31.3 Å². The van der Waals surface area contributed by atoms with Gasteiger partial charge in [-0.2, -0.15) is 0 Å². The lowest BCUT2D eigenvalue weighted by molar-refractivity contribution is -0.147. The lowest BCUT2D eigenvalue weighted by Gasteiger charge is -2.54. The number of ether oxygens (including phenoxy) is 1. The first kappa shape index (κ1) is 21.6. The summed E-state index contributed by atoms with van der Waals surface area (Å²) in [6, 6.07) is 0.619. The zero-order chi connectivity index (χ0) is 20.1. The standard InChI is InChI=1S/C24H40N2O2/c1-16(2)6-5-7-17(3)8-9-25-23(28-18(4)27)15-26-24-21-11-19-10-20(13-21)14-22(24)12-19/h6,8,19-26H,5,7,9-15H2,1-4H3/b17-8+. The van der Waals surface area contributed by atoms with Crippen LogP contribution in [0.25, 0.3) is 0 Å². The molecule has 0 aliphatic heterocycles. The van der Waals surface area contributed by atoms with Crippen LogP contribution in [0.2, 0.25) is 0 Å². The molecular weight excluding hydrogens is 348 g/mol. The van der Waals surface area contributed by atoms with Crippen LogP contribution in [0.5, 0.6) is 0 Å². The summed E-state index contributed by atoms with van der Waals surface area (Å²) in [7, 11) is 0. The van der Waals surface area contributed by atoms with Crippen molar-refractivity contribution in [1.82, 2.24) is 10.6 Å². The van der Waals surface area contributed by atoms with Crippen molar-refractivity contribution < 1.29 is 9.53 Å². The van der Waals surface area contributed by atoms with Crippen LogP contribution in [0.3, 0.4) is 0 Å². The molecule has 28 heavy (non-hydrogen) atoms. The Balaban J connectivity index is 1.45. The quantitative estimate of drug-likeness (QED) is 0.327. The maximum atomic E-state index is 11.5. The molecule has 2 N–H and O–H groups in total. The van der Waals surface area contributed by atoms with Crippen LogP contribution in [0, 0.1) is 23.7 Å². The SMILES string of the molecule is CC(=O)OC(CNC1C2CC3CC(C2)CC1C3)NC/C=C(\C)CCC=C(C)C. The Hall–Kier alpha value is -1.13. The van der Waals surface area contributed by atoms with E-state index in [0.717, 1.165) is 43.1 Å². The molecule has 0 heterocycles. The third-order valence-electron chi connectivity index (χ3n) is 6.96. The molecule has 0 aromatic carbocycles. The number of allylic oxidation sites excluding steroid dienone is 3. The fourth-order valence-electron chi connectivity index (χ4n) is 5.91. The van der Waals surface area contributed by atoms with Crippen molar-refractivity contribution in [3.63, 3.8) is 0 Å². The van der Waals surface area contributed by atoms with Crippen LogP contribution in [0.15, 0.2) is 23.3 Å². The van der Waals surface area contributed by atoms with Gasteiger partial charge in [-0.1, -0.05) is 23.3 Å². The summed E-state index contributed by atoms with van der Waals surface area (Å²) >= 11 is 0. The van der Waals surface area contributed by atoms with Crippen molar-refractivity contribution >= 4 is 5.97 Å². The molecule has 4 fully saturated rings. The number of esters is 1. The third-order valence-corrected chi connectivity index (χ3v) is 6.96. The van der Waals surface area contributed by atoms with Crippen LogP contribution < -0.4 is 10.6 Å². The highest BCUT2D eigenvalue weighted by Gasteiger charge is 2.48. The number of rotatable bonds is 10. The van der Waals surface area contributed by atoms with E-state index in [1.54, 1.807) is 0 Å². The molecular formula is C24H40N2O2. The fourth-order valence-corrected chi connectivity index (χ4v) is 5.91. The summed E-state index contributed by atoms with van der Waals surface area (Å²) in [4.78, 5) is 11.5. The Kier molecular flexibility index (Phi) is 7.76. The topological polar surface area (TPSA) is 50.4 Å². The monoisotopic (exact) mass is 388 g/mol. The van der Waals surface area contributed by atoms with Gasteiger partial charge in [0.2, 0.25) is 0 Å². The summed E-state index contributed by atoms with van der Waals surface area (Å²) < 4.78 is 5.54. The summed E-state index contributed by atoms with van der Waals surface area (Å²) in [6.45, 7) is 9.40. The first-order valence-corrected chi connectivity index (χ1v) is 11.3. The minimum atomic E-state index is -0.253. The zero-order valence-corrected chi connectivity index (χ0v) is 18.3. The zero-order valence-electron chi connectivity index (χ0n) is 18.3. The lowest BCUT2D eigenvalue weighted by atomic mass is 9.54. The molecule has 1 atom stereocenters. The van der Waals surface area contributed by atoms with Crippen molar-refractivity contribution in [2.45, 2.75) is 84.9 Å². The Labute approximate surface area is 171 Å². The van der Waals surface area contributed by atoms with Gasteiger partial charge in [-0.25, -0.2) is 0 Å². The second-order valence-corrected chi connectivity index (χ2v) is 9.74. The molecule has 0 radical (unpaired) electrons. The van der Waals surface area contributed by atoms with E-state index in [9.17, 15) is 4.79 Å². The number of hydrogen-bond donors (Lipinski definition) is 2. The molecule has 4 aliphatic rings. The van der Waals surface area contributed by atoms with Crippen LogP contribution in [-0.2, 0) is 9.53 Å². The predicted octanol–water partition coefficient (Wildman–Crippen LogP) is 4.57. The Morgan fingerprint density at radius 1 is 1.00 bits per heavy atom. The first-order chi connectivity index (χ1) is 13.4. The summed E-state index contributed by atoms with van der Waals surface area (Å²) in [5.74, 6) is 3.44. The van der Waals surface area contributed by atoms with E-state index in [1.165, 1.54) is 50.2 Å². The third kappa shape index (κ3) is 6.18. The van der Waals surface area contributed by atoms with E-state index in [-0.39, 0.29) is 12.2 Å². The molecule has 4 aliphatic carbocycles. The number of nitrogens with one attached hydrogen (secondary N) is 2. The van der Waals surface area contributed by atoms with Crippen molar-refractivity contribution in [1.29, 1.82) is 0 Å². The molecule has 0 saturated heterocycles. The summed E-state index contributed by atoms with van der Waals surface area (Å²) in [5, 5.41) is 7.19. The van der Waals surface area contributed by atoms with E-state index in [4.69, 9.17) is 4.74 Å². The van der Waals surface area contributed by atoms with E-state index in [2.05, 4.69) is 43.6 Å². The van der Waals surface area contributed by atoms with Gasteiger partial charge in [0, 0.05) is 26.1 Å². The minimum absolute atomic E-state index is 0.214. The highest BCUT2D eigenvalue weighted by Crippen LogP contribution is 2.53. The highest BCUT2D eigenvalue weighted by atomic mass is 16.6. The number of carbonyl (C=O) groups excluding carboxylic acids is 1. The van der Waals surface area contributed by atoms with Gasteiger partial charge in [0.05, 0.1) is 0 Å². The summed E-state index contributed by atoms with van der Waals surface area (Å²) in [5.41, 5.74) is 2.75. The Morgan fingerprint density at radius 3 is 2.21 bits per heavy atom. The molecule has 0 spiro atoms. The molecule has 4 heteroatoms. The average molecular weight is 389 g/mol. The van der Waals surface area contributed by atoms with Crippen molar-refractivity contribution in [3.8, 4) is 0 Å². The van der Waals surface area contributed by atoms with Crippen LogP contribution >= 0.6 is 0 Å². The molecule has 158 valence electrons. The highest BCUT2D eigenvalue weighted by molar-refractivity contribution is 5.66. The maximum absolute atomic E-state index is 11.5. The predicted molar refractivity (Wildman–Crippen MR) is 115 cm³/mol. The van der Waals surface area contributed by atoms with E-state index < -0.39 is 0 Å². The van der Waals surface area contributed by atoms with Gasteiger partial charge in [0.1, 0.15) is 0 Å². The van der Waals surface area contributed by atoms with Crippen LogP contribution in [0.4, 0.5) is 0 Å². The van der Waals surface area contributed by atoms with Crippen molar-refractivity contribution in [2.24, 2.45) is 23.7 Å². The molecule has 4 saturated carbocycles. The Bertz CT molecular complexity index is 563. The minimum Gasteiger partial charge on any atom is -0.445 e. The molecule has 1 unspecified atom stereocenters. The molecule has 0 aromatic heterocycles. The average Bonchev–Trinajstić information content (AvgIpc) is 2.59. The fraction of sp³-hybridized carbons (Fsp3) is 0.792. The van der Waals surface area contributed by atoms with Crippen LogP contribution in [0.1, 0.15) is 72.6 Å². The molecule has 4 rings (SSSR count). The van der Waals surface area contributed by atoms with E-state index in [0.29, 0.717) is 12.6 Å². The Morgan fingerprint density at radius 2 is 1.64 bits per heavy atom. The largest absolute Gasteiger partial charge is 0.445 e. The summed E-state index contributed by atoms with van der Waals surface area (Å²) in [6.07, 6.45) is 13.5. The van der Waals surface area contributed by atoms with Gasteiger partial charge in [0.25, 0.3) is 0 Å². The van der Waals surface area contributed by atoms with Gasteiger partial charge in [-0.3, -0.25) is 10.1 Å². The van der Waals surface area contributed by atoms with E-state index in [1.807, 2.05) is 0 Å². The maximum Gasteiger partial charge on any atom is 0.304 e. The van der Waals surface area contributed by atoms with Gasteiger partial charge < -0.3 is 10.1 Å². The normalized spacial score (nSPS) is 32.3. The molecule has 0 amide bonds.